The Balaban J connectivity index is 0. The number of hydrogen-bond acceptors (Lipinski definition) is 2. The quantitative estimate of drug-likeness (QED) is 0.642. The van der Waals surface area contributed by atoms with E-state index in [0.717, 1.165) is 25.8 Å². The van der Waals surface area contributed by atoms with Gasteiger partial charge >= 0.3 is 0 Å². The normalized spacial score (nSPS) is 11.9. The maximum atomic E-state index is 10.7. The second-order valence-corrected chi connectivity index (χ2v) is 3.91. The maximum Gasteiger partial charge on any atom is 0.220 e. The summed E-state index contributed by atoms with van der Waals surface area (Å²) >= 11 is 0. The SMILES string of the molecule is CC.CC(C)NCCCCC(C)C(N)=O. The first kappa shape index (κ1) is 16.8. The number of rotatable bonds is 7. The van der Waals surface area contributed by atoms with Gasteiger partial charge in [-0.15, -0.1) is 0 Å². The van der Waals surface area contributed by atoms with Crippen molar-refractivity contribution >= 4 is 5.91 Å². The third-order valence-corrected chi connectivity index (χ3v) is 2.10. The Kier molecular flexibility index (Phi) is 12.9. The molecule has 3 heteroatoms. The summed E-state index contributed by atoms with van der Waals surface area (Å²) in [6.45, 7) is 11.2. The average molecular weight is 216 g/mol. The first-order valence-corrected chi connectivity index (χ1v) is 6.06. The zero-order valence-electron chi connectivity index (χ0n) is 11.0. The molecule has 0 radical (unpaired) electrons. The van der Waals surface area contributed by atoms with Gasteiger partial charge in [-0.3, -0.25) is 4.79 Å². The number of carbonyl (C=O) groups excluding carboxylic acids is 1. The summed E-state index contributed by atoms with van der Waals surface area (Å²) < 4.78 is 0. The first-order valence-electron chi connectivity index (χ1n) is 6.06. The van der Waals surface area contributed by atoms with Crippen LogP contribution in [0.3, 0.4) is 0 Å². The van der Waals surface area contributed by atoms with E-state index in [9.17, 15) is 4.79 Å². The minimum Gasteiger partial charge on any atom is -0.369 e. The summed E-state index contributed by atoms with van der Waals surface area (Å²) in [7, 11) is 0. The minimum absolute atomic E-state index is 0.0269. The molecule has 0 aliphatic heterocycles. The maximum absolute atomic E-state index is 10.7. The summed E-state index contributed by atoms with van der Waals surface area (Å²) in [5.41, 5.74) is 5.14. The van der Waals surface area contributed by atoms with E-state index < -0.39 is 0 Å². The summed E-state index contributed by atoms with van der Waals surface area (Å²) in [5, 5.41) is 3.33. The van der Waals surface area contributed by atoms with Crippen LogP contribution in [0, 0.1) is 5.92 Å². The van der Waals surface area contributed by atoms with Crippen molar-refractivity contribution in [2.45, 2.75) is 59.9 Å². The Hall–Kier alpha value is -0.570. The van der Waals surface area contributed by atoms with Crippen LogP contribution in [0.4, 0.5) is 0 Å². The second kappa shape index (κ2) is 11.5. The zero-order valence-corrected chi connectivity index (χ0v) is 11.0. The highest BCUT2D eigenvalue weighted by atomic mass is 16.1. The number of amides is 1. The van der Waals surface area contributed by atoms with Crippen molar-refractivity contribution < 1.29 is 4.79 Å². The van der Waals surface area contributed by atoms with Crippen molar-refractivity contribution in [3.05, 3.63) is 0 Å². The van der Waals surface area contributed by atoms with Gasteiger partial charge < -0.3 is 11.1 Å². The van der Waals surface area contributed by atoms with Crippen molar-refractivity contribution in [1.82, 2.24) is 5.32 Å². The molecule has 0 aliphatic rings. The van der Waals surface area contributed by atoms with Gasteiger partial charge in [-0.05, 0) is 19.4 Å². The van der Waals surface area contributed by atoms with Gasteiger partial charge in [-0.2, -0.15) is 0 Å². The summed E-state index contributed by atoms with van der Waals surface area (Å²) in [4.78, 5) is 10.7. The predicted octanol–water partition coefficient (Wildman–Crippen LogP) is 2.30. The molecular weight excluding hydrogens is 188 g/mol. The lowest BCUT2D eigenvalue weighted by Gasteiger charge is -2.09. The summed E-state index contributed by atoms with van der Waals surface area (Å²) in [6.07, 6.45) is 3.11. The lowest BCUT2D eigenvalue weighted by Crippen LogP contribution is -2.24. The molecule has 0 bridgehead atoms. The molecule has 0 aliphatic carbocycles. The van der Waals surface area contributed by atoms with Crippen LogP contribution in [-0.4, -0.2) is 18.5 Å². The van der Waals surface area contributed by atoms with E-state index in [0.29, 0.717) is 6.04 Å². The number of carbonyl (C=O) groups is 1. The van der Waals surface area contributed by atoms with Crippen LogP contribution in [0.2, 0.25) is 0 Å². The lowest BCUT2D eigenvalue weighted by atomic mass is 10.0. The molecule has 0 saturated heterocycles. The van der Waals surface area contributed by atoms with Gasteiger partial charge in [-0.1, -0.05) is 41.0 Å². The Bertz CT molecular complexity index is 147. The molecule has 0 rings (SSSR count). The topological polar surface area (TPSA) is 55.1 Å². The van der Waals surface area contributed by atoms with E-state index in [-0.39, 0.29) is 11.8 Å². The molecule has 1 amide bonds. The monoisotopic (exact) mass is 216 g/mol. The zero-order chi connectivity index (χ0) is 12.3. The van der Waals surface area contributed by atoms with E-state index in [1.807, 2.05) is 20.8 Å². The van der Waals surface area contributed by atoms with E-state index in [4.69, 9.17) is 5.73 Å². The smallest absolute Gasteiger partial charge is 0.220 e. The van der Waals surface area contributed by atoms with Crippen LogP contribution >= 0.6 is 0 Å². The molecule has 3 N–H and O–H groups in total. The Labute approximate surface area is 94.8 Å². The Morgan fingerprint density at radius 1 is 1.20 bits per heavy atom. The van der Waals surface area contributed by atoms with Crippen molar-refractivity contribution in [3.8, 4) is 0 Å². The largest absolute Gasteiger partial charge is 0.369 e. The number of primary amides is 1. The summed E-state index contributed by atoms with van der Waals surface area (Å²) in [5.74, 6) is -0.157. The van der Waals surface area contributed by atoms with Crippen LogP contribution < -0.4 is 11.1 Å². The second-order valence-electron chi connectivity index (χ2n) is 3.91. The molecular formula is C12H28N2O. The molecule has 3 nitrogen and oxygen atoms in total. The standard InChI is InChI=1S/C10H22N2O.C2H6/c1-8(2)12-7-5-4-6-9(3)10(11)13;1-2/h8-9,12H,4-7H2,1-3H3,(H2,11,13);1-2H3. The Morgan fingerprint density at radius 3 is 2.13 bits per heavy atom. The summed E-state index contributed by atoms with van der Waals surface area (Å²) in [6, 6.07) is 0.550. The van der Waals surface area contributed by atoms with E-state index in [1.54, 1.807) is 0 Å². The van der Waals surface area contributed by atoms with Crippen molar-refractivity contribution in [2.75, 3.05) is 6.54 Å². The Morgan fingerprint density at radius 2 is 1.73 bits per heavy atom. The molecule has 0 heterocycles. The van der Waals surface area contributed by atoms with Gasteiger partial charge in [0.25, 0.3) is 0 Å². The van der Waals surface area contributed by atoms with Crippen LogP contribution in [0.15, 0.2) is 0 Å². The highest BCUT2D eigenvalue weighted by Gasteiger charge is 2.06. The molecule has 1 unspecified atom stereocenters. The molecule has 92 valence electrons. The van der Waals surface area contributed by atoms with Crippen LogP contribution in [-0.2, 0) is 4.79 Å². The fraction of sp³-hybridized carbons (Fsp3) is 0.917. The molecule has 0 aromatic rings. The minimum atomic E-state index is -0.184. The van der Waals surface area contributed by atoms with Gasteiger partial charge in [0.05, 0.1) is 0 Å². The van der Waals surface area contributed by atoms with Crippen LogP contribution in [0.5, 0.6) is 0 Å². The molecule has 15 heavy (non-hydrogen) atoms. The average Bonchev–Trinajstić information content (AvgIpc) is 2.19. The van der Waals surface area contributed by atoms with Gasteiger partial charge in [0, 0.05) is 12.0 Å². The van der Waals surface area contributed by atoms with Gasteiger partial charge in [-0.25, -0.2) is 0 Å². The fourth-order valence-electron chi connectivity index (χ4n) is 1.11. The van der Waals surface area contributed by atoms with Crippen molar-refractivity contribution in [3.63, 3.8) is 0 Å². The third-order valence-electron chi connectivity index (χ3n) is 2.10. The molecule has 1 atom stereocenters. The highest BCUT2D eigenvalue weighted by molar-refractivity contribution is 5.76. The van der Waals surface area contributed by atoms with Gasteiger partial charge in [0.1, 0.15) is 0 Å². The number of nitrogens with two attached hydrogens (primary N) is 1. The third kappa shape index (κ3) is 13.4. The van der Waals surface area contributed by atoms with E-state index in [2.05, 4.69) is 19.2 Å². The number of unbranched alkanes of at least 4 members (excludes halogenated alkanes) is 1. The molecule has 0 saturated carbocycles. The predicted molar refractivity (Wildman–Crippen MR) is 66.7 cm³/mol. The van der Waals surface area contributed by atoms with E-state index in [1.165, 1.54) is 0 Å². The number of nitrogens with one attached hydrogen (secondary N) is 1. The molecule has 0 aromatic carbocycles. The number of hydrogen-bond donors (Lipinski definition) is 2. The van der Waals surface area contributed by atoms with E-state index >= 15 is 0 Å². The van der Waals surface area contributed by atoms with Crippen LogP contribution in [0.1, 0.15) is 53.9 Å². The van der Waals surface area contributed by atoms with Crippen molar-refractivity contribution in [2.24, 2.45) is 11.7 Å². The van der Waals surface area contributed by atoms with Crippen molar-refractivity contribution in [1.29, 1.82) is 0 Å². The van der Waals surface area contributed by atoms with Crippen LogP contribution in [0.25, 0.3) is 0 Å². The molecule has 0 spiro atoms. The molecule has 0 aromatic heterocycles. The first-order chi connectivity index (χ1) is 7.04. The molecule has 0 fully saturated rings. The lowest BCUT2D eigenvalue weighted by molar-refractivity contribution is -0.121. The van der Waals surface area contributed by atoms with Gasteiger partial charge in [0.15, 0.2) is 0 Å². The van der Waals surface area contributed by atoms with Gasteiger partial charge in [0.2, 0.25) is 5.91 Å². The highest BCUT2D eigenvalue weighted by Crippen LogP contribution is 2.06. The fourth-order valence-corrected chi connectivity index (χ4v) is 1.11.